The number of carbonyl (C=O) groups is 2. The van der Waals surface area contributed by atoms with Gasteiger partial charge in [-0.1, -0.05) is 18.2 Å². The highest BCUT2D eigenvalue weighted by atomic mass is 16.2. The molecule has 0 saturated heterocycles. The summed E-state index contributed by atoms with van der Waals surface area (Å²) >= 11 is 0. The van der Waals surface area contributed by atoms with E-state index in [9.17, 15) is 9.59 Å². The highest BCUT2D eigenvalue weighted by Gasteiger charge is 2.16. The molecule has 94 valence electrons. The number of benzene rings is 1. The van der Waals surface area contributed by atoms with Gasteiger partial charge in [0.1, 0.15) is 0 Å². The summed E-state index contributed by atoms with van der Waals surface area (Å²) in [6.07, 6.45) is 2.14. The van der Waals surface area contributed by atoms with E-state index in [0.29, 0.717) is 6.42 Å². The van der Waals surface area contributed by atoms with Gasteiger partial charge in [0.25, 0.3) is 0 Å². The van der Waals surface area contributed by atoms with E-state index in [1.807, 2.05) is 30.5 Å². The maximum atomic E-state index is 11.6. The predicted octanol–water partition coefficient (Wildman–Crippen LogP) is 0.700. The van der Waals surface area contributed by atoms with E-state index in [1.54, 1.807) is 0 Å². The Bertz CT molecular complexity index is 609. The van der Waals surface area contributed by atoms with Crippen molar-refractivity contribution in [2.45, 2.75) is 19.4 Å². The second kappa shape index (κ2) is 5.01. The van der Waals surface area contributed by atoms with Crippen molar-refractivity contribution >= 4 is 22.7 Å². The summed E-state index contributed by atoms with van der Waals surface area (Å²) in [5, 5.41) is 3.10. The number of para-hydroxylation sites is 1. The van der Waals surface area contributed by atoms with Crippen LogP contribution in [0.25, 0.3) is 10.9 Å². The van der Waals surface area contributed by atoms with Crippen molar-refractivity contribution in [2.75, 3.05) is 0 Å². The van der Waals surface area contributed by atoms with Gasteiger partial charge in [-0.25, -0.2) is 0 Å². The average molecular weight is 246 g/mol. The molecule has 0 radical (unpaired) electrons. The van der Waals surface area contributed by atoms with Crippen LogP contribution in [-0.2, 0) is 16.0 Å². The Balaban J connectivity index is 2.08. The Labute approximate surface area is 106 Å². The molecule has 5 nitrogen and oxygen atoms in total. The first-order valence-electron chi connectivity index (χ1n) is 6.26. The van der Waals surface area contributed by atoms with E-state index in [1.165, 1.54) is 0 Å². The number of carbonyl (C=O) groups excluding carboxylic acids is 2. The van der Waals surface area contributed by atoms with Crippen molar-refractivity contribution in [3.63, 3.8) is 0 Å². The topological polar surface area (TPSA) is 88.0 Å². The third-order valence-corrected chi connectivity index (χ3v) is 2.71. The minimum absolute atomic E-state index is 0.334. The fraction of sp³-hybridized carbons (Fsp3) is 0.231. The minimum Gasteiger partial charge on any atom is -0.361 e. The second-order valence-corrected chi connectivity index (χ2v) is 4.08. The molecule has 0 aliphatic rings. The van der Waals surface area contributed by atoms with Crippen LogP contribution >= 0.6 is 0 Å². The molecule has 1 atom stereocenters. The minimum atomic E-state index is -0.810. The Morgan fingerprint density at radius 3 is 3.06 bits per heavy atom. The first-order valence-corrected chi connectivity index (χ1v) is 5.55. The van der Waals surface area contributed by atoms with Crippen molar-refractivity contribution in [3.05, 3.63) is 36.0 Å². The first kappa shape index (κ1) is 11.0. The fourth-order valence-corrected chi connectivity index (χ4v) is 1.86. The average Bonchev–Trinajstić information content (AvgIpc) is 2.82. The number of hydrogen-bond donors (Lipinski definition) is 3. The third kappa shape index (κ3) is 2.57. The number of aromatic amines is 1. The van der Waals surface area contributed by atoms with Crippen LogP contribution in [0.1, 0.15) is 13.8 Å². The Kier molecular flexibility index (Phi) is 3.06. The van der Waals surface area contributed by atoms with Crippen LogP contribution in [0.4, 0.5) is 0 Å². The molecule has 0 fully saturated rings. The fourth-order valence-electron chi connectivity index (χ4n) is 1.86. The number of H-pyrrole nitrogens is 1. The molecule has 2 rings (SSSR count). The lowest BCUT2D eigenvalue weighted by atomic mass is 10.1. The predicted molar refractivity (Wildman–Crippen MR) is 68.8 cm³/mol. The highest BCUT2D eigenvalue weighted by molar-refractivity contribution is 5.97. The monoisotopic (exact) mass is 246 g/mol. The van der Waals surface area contributed by atoms with Gasteiger partial charge in [-0.05, 0) is 18.1 Å². The molecule has 1 aromatic carbocycles. The first-order chi connectivity index (χ1) is 9.11. The number of imide groups is 1. The zero-order chi connectivity index (χ0) is 13.8. The van der Waals surface area contributed by atoms with Crippen LogP contribution in [0.5, 0.6) is 0 Å². The summed E-state index contributed by atoms with van der Waals surface area (Å²) < 4.78 is 6.84. The summed E-state index contributed by atoms with van der Waals surface area (Å²) in [6.45, 7) is -0.481. The lowest BCUT2D eigenvalue weighted by Crippen LogP contribution is -2.43. The van der Waals surface area contributed by atoms with E-state index < -0.39 is 24.8 Å². The summed E-state index contributed by atoms with van der Waals surface area (Å²) in [5.41, 5.74) is 7.67. The maximum absolute atomic E-state index is 11.6. The number of aromatic nitrogens is 1. The zero-order valence-electron chi connectivity index (χ0n) is 10.8. The van der Waals surface area contributed by atoms with Crippen molar-refractivity contribution < 1.29 is 11.0 Å². The Hall–Kier alpha value is -2.14. The van der Waals surface area contributed by atoms with Gasteiger partial charge in [0, 0.05) is 25.4 Å². The van der Waals surface area contributed by atoms with Crippen molar-refractivity contribution in [1.82, 2.24) is 10.3 Å². The SMILES string of the molecule is [2H]CC(=O)NC(=O)[C@@H](N)Cc1c[nH]c2ccccc12. The number of amides is 2. The molecule has 4 N–H and O–H groups in total. The molecule has 1 heterocycles. The molecule has 2 amide bonds. The zero-order valence-corrected chi connectivity index (χ0v) is 9.77. The molecule has 0 spiro atoms. The molecule has 0 saturated carbocycles. The Morgan fingerprint density at radius 2 is 2.28 bits per heavy atom. The molecule has 1 aromatic heterocycles. The van der Waals surface area contributed by atoms with E-state index in [0.717, 1.165) is 16.5 Å². The lowest BCUT2D eigenvalue weighted by molar-refractivity contribution is -0.130. The molecular formula is C13H15N3O2. The molecule has 0 aliphatic carbocycles. The van der Waals surface area contributed by atoms with Gasteiger partial charge in [-0.15, -0.1) is 0 Å². The summed E-state index contributed by atoms with van der Waals surface area (Å²) in [5.74, 6) is -1.19. The lowest BCUT2D eigenvalue weighted by Gasteiger charge is -2.09. The summed E-state index contributed by atoms with van der Waals surface area (Å²) in [7, 11) is 0. The van der Waals surface area contributed by atoms with Crippen molar-refractivity contribution in [3.8, 4) is 0 Å². The van der Waals surface area contributed by atoms with Crippen LogP contribution in [-0.4, -0.2) is 22.8 Å². The van der Waals surface area contributed by atoms with Gasteiger partial charge in [0.2, 0.25) is 11.8 Å². The number of hydrogen-bond acceptors (Lipinski definition) is 3. The highest BCUT2D eigenvalue weighted by Crippen LogP contribution is 2.18. The van der Waals surface area contributed by atoms with Crippen molar-refractivity contribution in [1.29, 1.82) is 0 Å². The van der Waals surface area contributed by atoms with E-state index >= 15 is 0 Å². The standard InChI is InChI=1S/C13H15N3O2/c1-8(17)16-13(18)11(14)6-9-7-15-12-5-3-2-4-10(9)12/h2-5,7,11,15H,6,14H2,1H3,(H,16,17,18)/t11-/m0/s1/i1D. The molecule has 5 heteroatoms. The van der Waals surface area contributed by atoms with Gasteiger partial charge in [0.05, 0.1) is 6.04 Å². The second-order valence-electron chi connectivity index (χ2n) is 4.08. The molecule has 18 heavy (non-hydrogen) atoms. The van der Waals surface area contributed by atoms with E-state index in [4.69, 9.17) is 7.10 Å². The molecule has 2 aromatic rings. The van der Waals surface area contributed by atoms with Gasteiger partial charge < -0.3 is 10.7 Å². The van der Waals surface area contributed by atoms with Crippen LogP contribution < -0.4 is 11.1 Å². The van der Waals surface area contributed by atoms with E-state index in [-0.39, 0.29) is 0 Å². The smallest absolute Gasteiger partial charge is 0.243 e. The van der Waals surface area contributed by atoms with Gasteiger partial charge in [0.15, 0.2) is 0 Å². The van der Waals surface area contributed by atoms with Gasteiger partial charge in [-0.2, -0.15) is 0 Å². The number of nitrogens with two attached hydrogens (primary N) is 1. The molecular weight excluding hydrogens is 230 g/mol. The maximum Gasteiger partial charge on any atom is 0.243 e. The van der Waals surface area contributed by atoms with Gasteiger partial charge >= 0.3 is 0 Å². The van der Waals surface area contributed by atoms with Crippen molar-refractivity contribution in [2.24, 2.45) is 5.73 Å². The largest absolute Gasteiger partial charge is 0.361 e. The van der Waals surface area contributed by atoms with Crippen LogP contribution in [0.3, 0.4) is 0 Å². The third-order valence-electron chi connectivity index (χ3n) is 2.71. The number of nitrogens with one attached hydrogen (secondary N) is 2. The van der Waals surface area contributed by atoms with Gasteiger partial charge in [-0.3, -0.25) is 14.9 Å². The number of fused-ring (bicyclic) bond motifs is 1. The van der Waals surface area contributed by atoms with Crippen LogP contribution in [0.2, 0.25) is 0 Å². The molecule has 0 bridgehead atoms. The normalized spacial score (nSPS) is 13.1. The molecule has 0 unspecified atom stereocenters. The molecule has 0 aliphatic heterocycles. The van der Waals surface area contributed by atoms with Crippen LogP contribution in [0, 0.1) is 0 Å². The number of rotatable bonds is 3. The van der Waals surface area contributed by atoms with Crippen LogP contribution in [0.15, 0.2) is 30.5 Å². The summed E-state index contributed by atoms with van der Waals surface area (Å²) in [4.78, 5) is 25.7. The summed E-state index contributed by atoms with van der Waals surface area (Å²) in [6, 6.07) is 6.90. The quantitative estimate of drug-likeness (QED) is 0.745. The Morgan fingerprint density at radius 1 is 1.50 bits per heavy atom. The van der Waals surface area contributed by atoms with E-state index in [2.05, 4.69) is 10.3 Å².